The topological polar surface area (TPSA) is 66.5 Å². The van der Waals surface area contributed by atoms with Crippen LogP contribution in [-0.4, -0.2) is 26.9 Å². The van der Waals surface area contributed by atoms with Crippen LogP contribution < -0.4 is 9.62 Å². The predicted octanol–water partition coefficient (Wildman–Crippen LogP) is 4.63. The van der Waals surface area contributed by atoms with E-state index in [2.05, 4.69) is 5.32 Å². The summed E-state index contributed by atoms with van der Waals surface area (Å²) in [5, 5.41) is 3.18. The summed E-state index contributed by atoms with van der Waals surface area (Å²) in [6.07, 6.45) is 1.61. The van der Waals surface area contributed by atoms with E-state index in [1.807, 2.05) is 6.92 Å². The van der Waals surface area contributed by atoms with Crippen LogP contribution in [0.25, 0.3) is 0 Å². The molecule has 5 nitrogen and oxygen atoms in total. The lowest BCUT2D eigenvalue weighted by atomic mass is 10.2. The molecule has 0 aliphatic rings. The van der Waals surface area contributed by atoms with Crippen molar-refractivity contribution in [1.29, 1.82) is 0 Å². The highest BCUT2D eigenvalue weighted by atomic mass is 35.5. The molecule has 0 spiro atoms. The smallest absolute Gasteiger partial charge is 0.265 e. The molecule has 0 saturated carbocycles. The van der Waals surface area contributed by atoms with E-state index in [-0.39, 0.29) is 15.6 Å². The molecule has 0 bridgehead atoms. The summed E-state index contributed by atoms with van der Waals surface area (Å²) in [5.41, 5.74) is -0.305. The Hall–Kier alpha value is -1.83. The van der Waals surface area contributed by atoms with Crippen molar-refractivity contribution in [2.24, 2.45) is 0 Å². The van der Waals surface area contributed by atoms with E-state index in [9.17, 15) is 17.6 Å². The van der Waals surface area contributed by atoms with Crippen LogP contribution >= 0.6 is 23.2 Å². The number of hydrogen-bond donors (Lipinski definition) is 1. The average Bonchev–Trinajstić information content (AvgIpc) is 2.65. The van der Waals surface area contributed by atoms with Crippen LogP contribution in [0.3, 0.4) is 0 Å². The van der Waals surface area contributed by atoms with Gasteiger partial charge in [-0.15, -0.1) is 0 Å². The number of nitrogens with zero attached hydrogens (tertiary/aromatic N) is 1. The highest BCUT2D eigenvalue weighted by molar-refractivity contribution is 7.93. The summed E-state index contributed by atoms with van der Waals surface area (Å²) in [7, 11) is -4.27. The maximum Gasteiger partial charge on any atom is 0.265 e. The van der Waals surface area contributed by atoms with Gasteiger partial charge in [-0.05, 0) is 55.8 Å². The molecule has 1 N–H and O–H groups in total. The molecule has 0 radical (unpaired) electrons. The fourth-order valence-corrected chi connectivity index (χ4v) is 4.47. The van der Waals surface area contributed by atoms with Crippen molar-refractivity contribution in [2.45, 2.75) is 37.6 Å². The van der Waals surface area contributed by atoms with Crippen molar-refractivity contribution in [3.05, 3.63) is 58.3 Å². The number of unbranched alkanes of at least 4 members (excludes halogenated alkanes) is 1. The summed E-state index contributed by atoms with van der Waals surface area (Å²) >= 11 is 11.8. The predicted molar refractivity (Wildman–Crippen MR) is 110 cm³/mol. The van der Waals surface area contributed by atoms with Gasteiger partial charge in [-0.3, -0.25) is 9.10 Å². The van der Waals surface area contributed by atoms with Crippen LogP contribution in [0, 0.1) is 5.82 Å². The van der Waals surface area contributed by atoms with Crippen LogP contribution in [0.1, 0.15) is 26.7 Å². The zero-order valence-corrected chi connectivity index (χ0v) is 17.8. The van der Waals surface area contributed by atoms with E-state index >= 15 is 0 Å². The fraction of sp³-hybridized carbons (Fsp3) is 0.316. The van der Waals surface area contributed by atoms with Gasteiger partial charge in [0, 0.05) is 16.6 Å². The molecule has 2 aromatic carbocycles. The first kappa shape index (κ1) is 22.5. The molecule has 0 fully saturated rings. The molecule has 0 heterocycles. The lowest BCUT2D eigenvalue weighted by Crippen LogP contribution is -2.48. The van der Waals surface area contributed by atoms with Gasteiger partial charge in [0.1, 0.15) is 11.9 Å². The molecule has 0 saturated heterocycles. The van der Waals surface area contributed by atoms with Gasteiger partial charge in [-0.1, -0.05) is 36.5 Å². The van der Waals surface area contributed by atoms with Gasteiger partial charge in [0.2, 0.25) is 5.91 Å². The van der Waals surface area contributed by atoms with Crippen molar-refractivity contribution in [3.63, 3.8) is 0 Å². The summed E-state index contributed by atoms with van der Waals surface area (Å²) in [6.45, 7) is 3.76. The quantitative estimate of drug-likeness (QED) is 0.600. The molecule has 0 aromatic heterocycles. The zero-order valence-electron chi connectivity index (χ0n) is 15.5. The molecule has 1 unspecified atom stereocenters. The van der Waals surface area contributed by atoms with Crippen molar-refractivity contribution < 1.29 is 17.6 Å². The third kappa shape index (κ3) is 5.16. The summed E-state index contributed by atoms with van der Waals surface area (Å²) in [5.74, 6) is -1.35. The minimum absolute atomic E-state index is 0.121. The third-order valence-corrected chi connectivity index (χ3v) is 6.46. The number of anilines is 1. The number of carbonyl (C=O) groups is 1. The van der Waals surface area contributed by atoms with Crippen LogP contribution in [0.5, 0.6) is 0 Å². The van der Waals surface area contributed by atoms with E-state index in [1.165, 1.54) is 43.3 Å². The molecule has 2 rings (SSSR count). The Kier molecular flexibility index (Phi) is 7.69. The maximum atomic E-state index is 14.5. The number of nitrogens with one attached hydrogen (secondary N) is 1. The van der Waals surface area contributed by atoms with Crippen molar-refractivity contribution in [1.82, 2.24) is 5.32 Å². The minimum Gasteiger partial charge on any atom is -0.354 e. The number of sulfonamides is 1. The number of hydrogen-bond acceptors (Lipinski definition) is 3. The standard InChI is InChI=1S/C19H21Cl2FN2O3S/c1-3-4-11-23-19(25)13(2)24(18-12-15(21)7-10-17(18)22)28(26,27)16-8-5-14(20)6-9-16/h5-10,12-13H,3-4,11H2,1-2H3,(H,23,25). The van der Waals surface area contributed by atoms with E-state index < -0.39 is 27.8 Å². The monoisotopic (exact) mass is 446 g/mol. The Balaban J connectivity index is 2.54. The molecular weight excluding hydrogens is 426 g/mol. The first-order valence-corrected chi connectivity index (χ1v) is 10.9. The molecule has 1 atom stereocenters. The number of benzene rings is 2. The molecule has 1 amide bonds. The first-order chi connectivity index (χ1) is 13.2. The molecule has 0 aliphatic carbocycles. The van der Waals surface area contributed by atoms with Gasteiger partial charge in [0.25, 0.3) is 10.0 Å². The van der Waals surface area contributed by atoms with E-state index in [0.717, 1.165) is 23.2 Å². The molecule has 2 aromatic rings. The number of amides is 1. The van der Waals surface area contributed by atoms with Crippen LogP contribution in [0.4, 0.5) is 10.1 Å². The molecular formula is C19H21Cl2FN2O3S. The first-order valence-electron chi connectivity index (χ1n) is 8.71. The van der Waals surface area contributed by atoms with Gasteiger partial charge in [-0.2, -0.15) is 0 Å². The number of rotatable bonds is 8. The summed E-state index contributed by atoms with van der Waals surface area (Å²) in [4.78, 5) is 12.4. The van der Waals surface area contributed by atoms with Crippen molar-refractivity contribution in [3.8, 4) is 0 Å². The molecule has 9 heteroatoms. The Morgan fingerprint density at radius 2 is 1.75 bits per heavy atom. The summed E-state index contributed by atoms with van der Waals surface area (Å²) in [6, 6.07) is 7.76. The fourth-order valence-electron chi connectivity index (χ4n) is 2.56. The largest absolute Gasteiger partial charge is 0.354 e. The van der Waals surface area contributed by atoms with Gasteiger partial charge in [0.05, 0.1) is 10.6 Å². The van der Waals surface area contributed by atoms with Crippen LogP contribution in [0.15, 0.2) is 47.4 Å². The molecule has 28 heavy (non-hydrogen) atoms. The van der Waals surface area contributed by atoms with Crippen molar-refractivity contribution in [2.75, 3.05) is 10.8 Å². The molecule has 152 valence electrons. The SMILES string of the molecule is CCCCNC(=O)C(C)N(c1cc(Cl)ccc1F)S(=O)(=O)c1ccc(Cl)cc1. The highest BCUT2D eigenvalue weighted by Gasteiger charge is 2.35. The van der Waals surface area contributed by atoms with Gasteiger partial charge in [-0.25, -0.2) is 12.8 Å². The Labute approximate surface area is 174 Å². The second kappa shape index (κ2) is 9.58. The second-order valence-corrected chi connectivity index (χ2v) is 8.86. The lowest BCUT2D eigenvalue weighted by molar-refractivity contribution is -0.121. The maximum absolute atomic E-state index is 14.5. The zero-order chi connectivity index (χ0) is 20.9. The minimum atomic E-state index is -4.27. The van der Waals surface area contributed by atoms with E-state index in [0.29, 0.717) is 11.6 Å². The normalized spacial score (nSPS) is 12.5. The Bertz CT molecular complexity index is 937. The third-order valence-electron chi connectivity index (χ3n) is 4.08. The van der Waals surface area contributed by atoms with Crippen LogP contribution in [-0.2, 0) is 14.8 Å². The van der Waals surface area contributed by atoms with Gasteiger partial charge in [0.15, 0.2) is 0 Å². The Morgan fingerprint density at radius 3 is 2.36 bits per heavy atom. The molecule has 0 aliphatic heterocycles. The average molecular weight is 447 g/mol. The second-order valence-electron chi connectivity index (χ2n) is 6.17. The van der Waals surface area contributed by atoms with Gasteiger partial charge >= 0.3 is 0 Å². The Morgan fingerprint density at radius 1 is 1.14 bits per heavy atom. The van der Waals surface area contributed by atoms with Crippen molar-refractivity contribution >= 4 is 44.8 Å². The summed E-state index contributed by atoms with van der Waals surface area (Å²) < 4.78 is 41.8. The van der Waals surface area contributed by atoms with E-state index in [1.54, 1.807) is 0 Å². The lowest BCUT2D eigenvalue weighted by Gasteiger charge is -2.30. The number of carbonyl (C=O) groups excluding carboxylic acids is 1. The highest BCUT2D eigenvalue weighted by Crippen LogP contribution is 2.31. The van der Waals surface area contributed by atoms with E-state index in [4.69, 9.17) is 23.2 Å². The van der Waals surface area contributed by atoms with Crippen LogP contribution in [0.2, 0.25) is 10.0 Å². The van der Waals surface area contributed by atoms with Gasteiger partial charge < -0.3 is 5.32 Å². The number of halogens is 3.